The lowest BCUT2D eigenvalue weighted by Crippen LogP contribution is -2.46. The Labute approximate surface area is 117 Å². The molecule has 1 aromatic rings. The van der Waals surface area contributed by atoms with E-state index < -0.39 is 10.7 Å². The molecule has 0 unspecified atom stereocenters. The molecule has 5 nitrogen and oxygen atoms in total. The fourth-order valence-corrected chi connectivity index (χ4v) is 3.48. The molecule has 0 amide bonds. The first-order chi connectivity index (χ1) is 9.56. The second-order valence-electron chi connectivity index (χ2n) is 5.75. The summed E-state index contributed by atoms with van der Waals surface area (Å²) in [4.78, 5) is 15.0. The van der Waals surface area contributed by atoms with E-state index in [4.69, 9.17) is 0 Å². The summed E-state index contributed by atoms with van der Waals surface area (Å²) in [6.07, 6.45) is 2.15. The van der Waals surface area contributed by atoms with Gasteiger partial charge in [0, 0.05) is 31.3 Å². The third-order valence-corrected chi connectivity index (χ3v) is 4.51. The average molecular weight is 279 g/mol. The highest BCUT2D eigenvalue weighted by Gasteiger charge is 2.39. The zero-order valence-electron chi connectivity index (χ0n) is 11.5. The minimum atomic E-state index is -0.422. The Morgan fingerprint density at radius 2 is 2.10 bits per heavy atom. The van der Waals surface area contributed by atoms with E-state index >= 15 is 0 Å². The van der Waals surface area contributed by atoms with Crippen LogP contribution in [0.25, 0.3) is 0 Å². The van der Waals surface area contributed by atoms with E-state index in [-0.39, 0.29) is 11.7 Å². The van der Waals surface area contributed by atoms with Crippen LogP contribution in [0.1, 0.15) is 12.8 Å². The molecule has 3 rings (SSSR count). The first-order valence-electron chi connectivity index (χ1n) is 6.95. The monoisotopic (exact) mass is 279 g/mol. The average Bonchev–Trinajstić information content (AvgIpc) is 2.81. The van der Waals surface area contributed by atoms with E-state index in [1.54, 1.807) is 0 Å². The molecule has 20 heavy (non-hydrogen) atoms. The topological polar surface area (TPSA) is 49.6 Å². The van der Waals surface area contributed by atoms with E-state index in [2.05, 4.69) is 11.9 Å². The summed E-state index contributed by atoms with van der Waals surface area (Å²) in [5, 5.41) is 11.2. The summed E-state index contributed by atoms with van der Waals surface area (Å²) in [6.45, 7) is 2.73. The van der Waals surface area contributed by atoms with Crippen molar-refractivity contribution in [1.82, 2.24) is 4.90 Å². The van der Waals surface area contributed by atoms with Gasteiger partial charge in [-0.3, -0.25) is 10.1 Å². The Morgan fingerprint density at radius 1 is 1.35 bits per heavy atom. The number of piperidine rings is 1. The van der Waals surface area contributed by atoms with Crippen molar-refractivity contribution in [1.29, 1.82) is 0 Å². The fourth-order valence-electron chi connectivity index (χ4n) is 3.48. The molecule has 0 aromatic heterocycles. The minimum Gasteiger partial charge on any atom is -0.361 e. The normalized spacial score (nSPS) is 26.6. The van der Waals surface area contributed by atoms with Crippen LogP contribution in [0.5, 0.6) is 0 Å². The van der Waals surface area contributed by atoms with Crippen LogP contribution in [0, 0.1) is 21.8 Å². The van der Waals surface area contributed by atoms with Crippen molar-refractivity contribution in [3.05, 3.63) is 34.1 Å². The second-order valence-corrected chi connectivity index (χ2v) is 5.75. The Balaban J connectivity index is 1.96. The molecule has 2 saturated heterocycles. The van der Waals surface area contributed by atoms with Crippen molar-refractivity contribution >= 4 is 11.4 Å². The highest BCUT2D eigenvalue weighted by atomic mass is 19.1. The molecule has 0 aliphatic carbocycles. The molecular formula is C14H18FN3O2. The maximum Gasteiger partial charge on any atom is 0.292 e. The summed E-state index contributed by atoms with van der Waals surface area (Å²) in [6, 6.07) is 3.98. The van der Waals surface area contributed by atoms with Gasteiger partial charge in [0.05, 0.1) is 4.92 Å². The Morgan fingerprint density at radius 3 is 2.85 bits per heavy atom. The smallest absolute Gasteiger partial charge is 0.292 e. The number of anilines is 1. The summed E-state index contributed by atoms with van der Waals surface area (Å²) in [7, 11) is 2.06. The number of likely N-dealkylation sites (tertiary alicyclic amines) is 1. The van der Waals surface area contributed by atoms with Crippen LogP contribution in [-0.4, -0.2) is 42.5 Å². The van der Waals surface area contributed by atoms with Gasteiger partial charge in [0.1, 0.15) is 11.5 Å². The lowest BCUT2D eigenvalue weighted by atomic mass is 9.92. The number of hydrogen-bond acceptors (Lipinski definition) is 4. The summed E-state index contributed by atoms with van der Waals surface area (Å²) in [5.41, 5.74) is 0.429. The Hall–Kier alpha value is -1.69. The lowest BCUT2D eigenvalue weighted by molar-refractivity contribution is -0.384. The van der Waals surface area contributed by atoms with Crippen LogP contribution in [0.4, 0.5) is 15.8 Å². The summed E-state index contributed by atoms with van der Waals surface area (Å²) in [5.74, 6) is 0.146. The van der Waals surface area contributed by atoms with E-state index in [9.17, 15) is 14.5 Å². The number of likely N-dealkylation sites (N-methyl/N-ethyl adjacent to an activating group) is 1. The molecular weight excluding hydrogens is 261 g/mol. The number of nitro groups is 1. The molecule has 2 aliphatic rings. The second kappa shape index (κ2) is 5.01. The van der Waals surface area contributed by atoms with Crippen molar-refractivity contribution in [3.63, 3.8) is 0 Å². The standard InChI is InChI=1S/C14H18FN3O2/c1-16-6-4-10-5-7-17(14(10)9-16)13-8-11(15)2-3-12(13)18(19)20/h2-3,8,10,14H,4-7,9H2,1H3/t10-,14+/m1/s1. The first-order valence-corrected chi connectivity index (χ1v) is 6.95. The van der Waals surface area contributed by atoms with Gasteiger partial charge in [-0.1, -0.05) is 0 Å². The number of nitrogens with zero attached hydrogens (tertiary/aromatic N) is 3. The maximum absolute atomic E-state index is 13.5. The van der Waals surface area contributed by atoms with Crippen LogP contribution in [0.15, 0.2) is 18.2 Å². The van der Waals surface area contributed by atoms with Crippen molar-refractivity contribution < 1.29 is 9.31 Å². The SMILES string of the molecule is CN1CC[C@@H]2CCN(c3cc(F)ccc3[N+](=O)[O-])[C@H]2C1. The number of hydrogen-bond donors (Lipinski definition) is 0. The largest absolute Gasteiger partial charge is 0.361 e. The summed E-state index contributed by atoms with van der Waals surface area (Å²) >= 11 is 0. The quantitative estimate of drug-likeness (QED) is 0.615. The van der Waals surface area contributed by atoms with Crippen LogP contribution >= 0.6 is 0 Å². The van der Waals surface area contributed by atoms with Gasteiger partial charge in [-0.2, -0.15) is 0 Å². The van der Waals surface area contributed by atoms with E-state index in [1.807, 2.05) is 4.90 Å². The predicted molar refractivity (Wildman–Crippen MR) is 74.4 cm³/mol. The molecule has 0 saturated carbocycles. The molecule has 2 fully saturated rings. The predicted octanol–water partition coefficient (Wildman–Crippen LogP) is 2.26. The molecule has 2 heterocycles. The van der Waals surface area contributed by atoms with Crippen molar-refractivity contribution in [2.45, 2.75) is 18.9 Å². The summed E-state index contributed by atoms with van der Waals surface area (Å²) < 4.78 is 13.5. The highest BCUT2D eigenvalue weighted by Crippen LogP contribution is 2.39. The first kappa shape index (κ1) is 13.3. The highest BCUT2D eigenvalue weighted by molar-refractivity contribution is 5.64. The van der Waals surface area contributed by atoms with Gasteiger partial charge in [-0.05, 0) is 38.4 Å². The zero-order valence-corrected chi connectivity index (χ0v) is 11.5. The van der Waals surface area contributed by atoms with Crippen molar-refractivity contribution in [3.8, 4) is 0 Å². The van der Waals surface area contributed by atoms with E-state index in [1.165, 1.54) is 12.1 Å². The van der Waals surface area contributed by atoms with E-state index in [0.717, 1.165) is 38.5 Å². The van der Waals surface area contributed by atoms with Gasteiger partial charge in [0.25, 0.3) is 5.69 Å². The van der Waals surface area contributed by atoms with Crippen LogP contribution < -0.4 is 4.90 Å². The number of benzene rings is 1. The van der Waals surface area contributed by atoms with Crippen molar-refractivity contribution in [2.75, 3.05) is 31.6 Å². The number of fused-ring (bicyclic) bond motifs is 1. The third-order valence-electron chi connectivity index (χ3n) is 4.51. The lowest BCUT2D eigenvalue weighted by Gasteiger charge is -2.37. The third kappa shape index (κ3) is 2.24. The van der Waals surface area contributed by atoms with Crippen molar-refractivity contribution in [2.24, 2.45) is 5.92 Å². The fraction of sp³-hybridized carbons (Fsp3) is 0.571. The molecule has 2 atom stereocenters. The molecule has 1 aromatic carbocycles. The molecule has 0 spiro atoms. The van der Waals surface area contributed by atoms with Gasteiger partial charge >= 0.3 is 0 Å². The Bertz CT molecular complexity index is 537. The van der Waals surface area contributed by atoms with Gasteiger partial charge in [0.15, 0.2) is 0 Å². The van der Waals surface area contributed by atoms with Crippen LogP contribution in [-0.2, 0) is 0 Å². The number of rotatable bonds is 2. The van der Waals surface area contributed by atoms with Gasteiger partial charge in [-0.25, -0.2) is 4.39 Å². The van der Waals surface area contributed by atoms with Gasteiger partial charge in [-0.15, -0.1) is 0 Å². The van der Waals surface area contributed by atoms with Gasteiger partial charge < -0.3 is 9.80 Å². The molecule has 0 N–H and O–H groups in total. The Kier molecular flexibility index (Phi) is 3.33. The minimum absolute atomic E-state index is 0.000256. The molecule has 0 radical (unpaired) electrons. The molecule has 108 valence electrons. The van der Waals surface area contributed by atoms with E-state index in [0.29, 0.717) is 11.6 Å². The molecule has 0 bridgehead atoms. The molecule has 2 aliphatic heterocycles. The zero-order chi connectivity index (χ0) is 14.3. The maximum atomic E-state index is 13.5. The molecule has 6 heteroatoms. The van der Waals surface area contributed by atoms with Crippen LogP contribution in [0.3, 0.4) is 0 Å². The van der Waals surface area contributed by atoms with Gasteiger partial charge in [0.2, 0.25) is 0 Å². The van der Waals surface area contributed by atoms with Crippen LogP contribution in [0.2, 0.25) is 0 Å². The number of halogens is 1. The number of nitro benzene ring substituents is 1.